The Bertz CT molecular complexity index is 1100. The minimum atomic E-state index is -0.735. The summed E-state index contributed by atoms with van der Waals surface area (Å²) in [6, 6.07) is 7.30. The van der Waals surface area contributed by atoms with Crippen molar-refractivity contribution in [3.05, 3.63) is 59.5 Å². The maximum absolute atomic E-state index is 14.5. The predicted octanol–water partition coefficient (Wildman–Crippen LogP) is 4.88. The van der Waals surface area contributed by atoms with Gasteiger partial charge in [-0.2, -0.15) is 5.26 Å². The Labute approximate surface area is 171 Å². The first-order valence-electron chi connectivity index (χ1n) is 9.13. The zero-order valence-electron chi connectivity index (χ0n) is 15.3. The molecular formula is C21H16ClF2N5. The van der Waals surface area contributed by atoms with Crippen LogP contribution in [0.1, 0.15) is 12.8 Å². The van der Waals surface area contributed by atoms with Gasteiger partial charge in [0.25, 0.3) is 0 Å². The predicted molar refractivity (Wildman–Crippen MR) is 106 cm³/mol. The average Bonchev–Trinajstić information content (AvgIpc) is 2.74. The van der Waals surface area contributed by atoms with Crippen LogP contribution in [0.4, 0.5) is 14.6 Å². The van der Waals surface area contributed by atoms with Gasteiger partial charge in [-0.25, -0.2) is 18.7 Å². The van der Waals surface area contributed by atoms with Gasteiger partial charge in [0.1, 0.15) is 23.1 Å². The fourth-order valence-electron chi connectivity index (χ4n) is 3.46. The second kappa shape index (κ2) is 8.10. The van der Waals surface area contributed by atoms with Crippen molar-refractivity contribution in [2.45, 2.75) is 12.8 Å². The molecule has 146 valence electrons. The maximum atomic E-state index is 14.5. The molecule has 3 aromatic rings. The van der Waals surface area contributed by atoms with E-state index in [0.717, 1.165) is 25.5 Å². The number of hydrogen-bond acceptors (Lipinski definition) is 5. The maximum Gasteiger partial charge on any atom is 0.147 e. The van der Waals surface area contributed by atoms with Gasteiger partial charge < -0.3 is 4.90 Å². The molecule has 0 bridgehead atoms. The van der Waals surface area contributed by atoms with E-state index in [0.29, 0.717) is 28.6 Å². The highest BCUT2D eigenvalue weighted by atomic mass is 35.5. The van der Waals surface area contributed by atoms with Crippen molar-refractivity contribution in [2.75, 3.05) is 18.0 Å². The lowest BCUT2D eigenvalue weighted by Crippen LogP contribution is -2.35. The summed E-state index contributed by atoms with van der Waals surface area (Å²) in [6.45, 7) is 1.31. The molecule has 1 unspecified atom stereocenters. The van der Waals surface area contributed by atoms with Crippen LogP contribution in [0, 0.1) is 28.9 Å². The van der Waals surface area contributed by atoms with Crippen LogP contribution in [0.5, 0.6) is 0 Å². The summed E-state index contributed by atoms with van der Waals surface area (Å²) >= 11 is 6.33. The van der Waals surface area contributed by atoms with Gasteiger partial charge in [0, 0.05) is 42.7 Å². The van der Waals surface area contributed by atoms with Crippen molar-refractivity contribution >= 4 is 17.4 Å². The molecule has 8 heteroatoms. The molecule has 1 aromatic carbocycles. The van der Waals surface area contributed by atoms with Gasteiger partial charge in [0.2, 0.25) is 0 Å². The summed E-state index contributed by atoms with van der Waals surface area (Å²) in [7, 11) is 0. The molecule has 5 nitrogen and oxygen atoms in total. The summed E-state index contributed by atoms with van der Waals surface area (Å²) in [6.07, 6.45) is 6.31. The largest absolute Gasteiger partial charge is 0.354 e. The first-order chi connectivity index (χ1) is 14.1. The standard InChI is InChI=1S/C21H16ClF2N5/c22-17-10-26-6-5-15(17)21-20(16-4-3-14(23)8-18(16)24)27-11-19(28-21)29-7-1-2-13(9-25)12-29/h3-6,8,10-11,13H,1-2,7,12H2. The lowest BCUT2D eigenvalue weighted by Gasteiger charge is -2.30. The molecule has 0 saturated carbocycles. The SMILES string of the molecule is N#CC1CCCN(c2cnc(-c3ccc(F)cc3F)c(-c3ccncc3Cl)n2)C1. The van der Waals surface area contributed by atoms with Gasteiger partial charge in [0.15, 0.2) is 0 Å². The minimum Gasteiger partial charge on any atom is -0.354 e. The molecule has 0 spiro atoms. The number of nitriles is 1. The number of nitrogens with zero attached hydrogens (tertiary/aromatic N) is 5. The van der Waals surface area contributed by atoms with Crippen molar-refractivity contribution in [1.29, 1.82) is 5.26 Å². The first kappa shape index (κ1) is 19.2. The topological polar surface area (TPSA) is 65.7 Å². The van der Waals surface area contributed by atoms with Crippen LogP contribution in [-0.2, 0) is 0 Å². The Kier molecular flexibility index (Phi) is 5.36. The summed E-state index contributed by atoms with van der Waals surface area (Å²) in [5.74, 6) is -0.900. The van der Waals surface area contributed by atoms with Crippen molar-refractivity contribution in [1.82, 2.24) is 15.0 Å². The van der Waals surface area contributed by atoms with E-state index < -0.39 is 11.6 Å². The lowest BCUT2D eigenvalue weighted by molar-refractivity contribution is 0.490. The lowest BCUT2D eigenvalue weighted by atomic mass is 10.00. The number of pyridine rings is 1. The minimum absolute atomic E-state index is 0.0762. The Hall–Kier alpha value is -3.11. The summed E-state index contributed by atoms with van der Waals surface area (Å²) in [5.41, 5.74) is 1.30. The third kappa shape index (κ3) is 3.89. The van der Waals surface area contributed by atoms with Crippen LogP contribution in [0.2, 0.25) is 5.02 Å². The number of anilines is 1. The molecule has 0 radical (unpaired) electrons. The number of rotatable bonds is 3. The Morgan fingerprint density at radius 1 is 1.14 bits per heavy atom. The zero-order chi connectivity index (χ0) is 20.4. The van der Waals surface area contributed by atoms with E-state index in [1.165, 1.54) is 18.3 Å². The van der Waals surface area contributed by atoms with Crippen LogP contribution in [0.25, 0.3) is 22.5 Å². The van der Waals surface area contributed by atoms with Crippen LogP contribution in [0.15, 0.2) is 42.9 Å². The van der Waals surface area contributed by atoms with Gasteiger partial charge >= 0.3 is 0 Å². The number of benzene rings is 1. The van der Waals surface area contributed by atoms with Crippen molar-refractivity contribution < 1.29 is 8.78 Å². The Balaban J connectivity index is 1.86. The quantitative estimate of drug-likeness (QED) is 0.614. The molecule has 0 N–H and O–H groups in total. The molecule has 1 saturated heterocycles. The summed E-state index contributed by atoms with van der Waals surface area (Å²) in [5, 5.41) is 9.60. The van der Waals surface area contributed by atoms with E-state index in [9.17, 15) is 14.0 Å². The normalized spacial score (nSPS) is 16.5. The van der Waals surface area contributed by atoms with Gasteiger partial charge in [-0.05, 0) is 31.0 Å². The molecule has 1 aliphatic heterocycles. The number of aromatic nitrogens is 3. The van der Waals surface area contributed by atoms with Gasteiger partial charge in [0.05, 0.1) is 28.9 Å². The molecule has 0 amide bonds. The van der Waals surface area contributed by atoms with Crippen molar-refractivity contribution in [3.8, 4) is 28.6 Å². The van der Waals surface area contributed by atoms with Crippen molar-refractivity contribution in [2.24, 2.45) is 5.92 Å². The second-order valence-corrected chi connectivity index (χ2v) is 7.23. The molecular weight excluding hydrogens is 396 g/mol. The van der Waals surface area contributed by atoms with E-state index in [1.807, 2.05) is 4.90 Å². The molecule has 1 atom stereocenters. The van der Waals surface area contributed by atoms with E-state index in [4.69, 9.17) is 16.6 Å². The summed E-state index contributed by atoms with van der Waals surface area (Å²) < 4.78 is 27.9. The van der Waals surface area contributed by atoms with Gasteiger partial charge in [-0.3, -0.25) is 4.98 Å². The highest BCUT2D eigenvalue weighted by molar-refractivity contribution is 6.33. The van der Waals surface area contributed by atoms with Crippen LogP contribution in [-0.4, -0.2) is 28.0 Å². The molecule has 0 aliphatic carbocycles. The van der Waals surface area contributed by atoms with E-state index in [-0.39, 0.29) is 17.2 Å². The average molecular weight is 412 g/mol. The number of hydrogen-bond donors (Lipinski definition) is 0. The number of halogens is 3. The van der Waals surface area contributed by atoms with E-state index in [2.05, 4.69) is 16.0 Å². The molecule has 2 aromatic heterocycles. The zero-order valence-corrected chi connectivity index (χ0v) is 16.1. The molecule has 1 aliphatic rings. The van der Waals surface area contributed by atoms with Crippen molar-refractivity contribution in [3.63, 3.8) is 0 Å². The second-order valence-electron chi connectivity index (χ2n) is 6.82. The van der Waals surface area contributed by atoms with Crippen LogP contribution < -0.4 is 4.90 Å². The molecule has 1 fully saturated rings. The van der Waals surface area contributed by atoms with Crippen LogP contribution in [0.3, 0.4) is 0 Å². The summed E-state index contributed by atoms with van der Waals surface area (Å²) in [4.78, 5) is 15.2. The fourth-order valence-corrected chi connectivity index (χ4v) is 3.67. The van der Waals surface area contributed by atoms with Gasteiger partial charge in [-0.1, -0.05) is 11.6 Å². The Morgan fingerprint density at radius 2 is 2.00 bits per heavy atom. The van der Waals surface area contributed by atoms with E-state index in [1.54, 1.807) is 18.5 Å². The van der Waals surface area contributed by atoms with E-state index >= 15 is 0 Å². The third-order valence-electron chi connectivity index (χ3n) is 4.90. The highest BCUT2D eigenvalue weighted by Gasteiger charge is 2.24. The van der Waals surface area contributed by atoms with Gasteiger partial charge in [-0.15, -0.1) is 0 Å². The molecule has 3 heterocycles. The Morgan fingerprint density at radius 3 is 2.76 bits per heavy atom. The molecule has 29 heavy (non-hydrogen) atoms. The van der Waals surface area contributed by atoms with Crippen LogP contribution >= 0.6 is 11.6 Å². The highest BCUT2D eigenvalue weighted by Crippen LogP contribution is 2.35. The third-order valence-corrected chi connectivity index (χ3v) is 5.20. The fraction of sp³-hybridized carbons (Fsp3) is 0.238. The molecule has 4 rings (SSSR count). The smallest absolute Gasteiger partial charge is 0.147 e. The monoisotopic (exact) mass is 411 g/mol. The first-order valence-corrected chi connectivity index (χ1v) is 9.51. The number of piperidine rings is 1.